The van der Waals surface area contributed by atoms with Gasteiger partial charge in [-0.05, 0) is 270 Å². The number of esters is 3. The number of hydrogen-bond donors (Lipinski definition) is 6. The number of phenols is 2. The van der Waals surface area contributed by atoms with Crippen LogP contribution in [0.2, 0.25) is 0 Å². The molecule has 0 aliphatic carbocycles. The van der Waals surface area contributed by atoms with Gasteiger partial charge in [-0.25, -0.2) is 0 Å². The topological polar surface area (TPSA) is 570 Å². The summed E-state index contributed by atoms with van der Waals surface area (Å²) in [5, 5.41) is 120. The molecule has 4 atom stereocenters. The molecule has 0 fully saturated rings. The highest BCUT2D eigenvalue weighted by atomic mass is 79.9. The molecule has 0 amide bonds. The minimum Gasteiger partial charge on any atom is -0.508 e. The lowest BCUT2D eigenvalue weighted by Crippen LogP contribution is -2.30. The summed E-state index contributed by atoms with van der Waals surface area (Å²) in [6.45, 7) is 44.1. The Labute approximate surface area is 858 Å². The van der Waals surface area contributed by atoms with Gasteiger partial charge >= 0.3 is 33.5 Å². The summed E-state index contributed by atoms with van der Waals surface area (Å²) in [5.74, 6) is -1.52. The van der Waals surface area contributed by atoms with Crippen LogP contribution in [-0.2, 0) is 48.2 Å². The number of hydrogen-bond acceptors (Lipinski definition) is 31. The van der Waals surface area contributed by atoms with Crippen molar-refractivity contribution in [2.75, 3.05) is 32.2 Å². The third kappa shape index (κ3) is 41.9. The fourth-order valence-electron chi connectivity index (χ4n) is 11.2. The summed E-state index contributed by atoms with van der Waals surface area (Å²) in [4.78, 5) is 106. The van der Waals surface area contributed by atoms with Crippen molar-refractivity contribution < 1.29 is 124 Å². The van der Waals surface area contributed by atoms with Crippen LogP contribution in [0.5, 0.6) is 17.2 Å². The standard InChI is InChI=1S/C18H26BrNO5.C18H28BrNO3.C14H18BrNO5.C9H10BrNO4.C9H8BrNO2.C8H5BrF3NO5S.C7H6BrNO3.C7H7NO3/c1-11-8-12(20(22)23)9-13(19)15(11)14(25-18(5,6)7)10-24-16(21)17(2,3)4;1-11-8-12(20)9-13(19)15(11)14(23-18(5,6)7)10-22-16(21)17(2,3)4;1-8-5-9(16(19)20)6-10(15)12(8)11(17)7-21-13(18)14(2,3)4;1-5-2-6(11(14)15)3-7(10)9(5)8(13)4-12;1-3-8-6(2)4-7(11(12)13)5-9(8)10;1-4-2-5(13(14)15)3-6(9)7(4)18-19(16,17)8(10,11)12;1-4-2-5(9(11)12)3-6(8)7(4)10;1-5-4-6(8(10)11)2-3-7(5)9/h8-9,14H,10H2,1-7H3;8-9,14H,10,20H2,1-7H3;5-6,11,17H,7H2,1-4H3;2-3,8,12-13H,4H2,1H3;3-5H,1H2,2H3;2-3H,1H3;2-3,10H,1H3;2-4,9H,1H3/t2*14-;11-;8-;;;;/m1111..../s1. The maximum absolute atomic E-state index is 12.2. The SMILES string of the molecule is C=Cc1c(C)cc([N+](=O)[O-])cc1Br.Cc1cc(N)cc(Br)c1[C@@H](COC(=O)C(C)(C)C)OC(C)(C)C.Cc1cc([N+](=O)[O-])cc(Br)c1O.Cc1cc([N+](=O)[O-])cc(Br)c1OS(=O)(=O)C(F)(F)F.Cc1cc([N+](=O)[O-])cc(Br)c1[C@@H](COC(=O)C(C)(C)C)OC(C)(C)C.Cc1cc([N+](=O)[O-])cc(Br)c1[C@H](O)CO.Cc1cc([N+](=O)[O-])cc(Br)c1[C@H](O)COC(=O)C(C)(C)C.Cc1cc([N+](=O)[O-])ccc1O. The number of nitrogens with two attached hydrogens (primary N) is 1. The van der Waals surface area contributed by atoms with Crippen LogP contribution in [0.4, 0.5) is 58.7 Å². The van der Waals surface area contributed by atoms with Gasteiger partial charge in [0.25, 0.3) is 39.8 Å². The Morgan fingerprint density at radius 3 is 0.978 bits per heavy atom. The maximum atomic E-state index is 12.2. The normalized spacial score (nSPS) is 12.2. The third-order valence-electron chi connectivity index (χ3n) is 17.8. The minimum atomic E-state index is -5.83. The first kappa shape index (κ1) is 127. The first-order chi connectivity index (χ1) is 63.2. The first-order valence-corrected chi connectivity index (χ1v) is 47.5. The van der Waals surface area contributed by atoms with Crippen LogP contribution in [0.1, 0.15) is 201 Å². The Balaban J connectivity index is 0.000000805. The van der Waals surface area contributed by atoms with Crippen LogP contribution in [0.15, 0.2) is 141 Å². The van der Waals surface area contributed by atoms with E-state index >= 15 is 0 Å². The van der Waals surface area contributed by atoms with Crippen LogP contribution in [0, 0.1) is 142 Å². The summed E-state index contributed by atoms with van der Waals surface area (Å²) in [6, 6.07) is 23.3. The van der Waals surface area contributed by atoms with E-state index in [2.05, 4.69) is 122 Å². The number of phenolic OH excluding ortho intramolecular Hbond substituents is 2. The molecule has 0 saturated heterocycles. The smallest absolute Gasteiger partial charge is 0.508 e. The summed E-state index contributed by atoms with van der Waals surface area (Å²) in [7, 11) is -5.83. The molecule has 38 nitrogen and oxygen atoms in total. The van der Waals surface area contributed by atoms with E-state index in [1.54, 1.807) is 82.2 Å². The zero-order valence-corrected chi connectivity index (χ0v) is 91.5. The van der Waals surface area contributed by atoms with Crippen molar-refractivity contribution in [2.24, 2.45) is 16.2 Å². The molecule has 0 bridgehead atoms. The Hall–Kier alpha value is -10.2. The lowest BCUT2D eigenvalue weighted by molar-refractivity contribution is -0.385. The van der Waals surface area contributed by atoms with Crippen LogP contribution < -0.4 is 9.92 Å². The number of ether oxygens (including phenoxy) is 5. The van der Waals surface area contributed by atoms with E-state index in [0.717, 1.165) is 44.4 Å². The highest BCUT2D eigenvalue weighted by molar-refractivity contribution is 9.11. The fourth-order valence-corrected chi connectivity index (χ4v) is 17.0. The van der Waals surface area contributed by atoms with Gasteiger partial charge in [0.05, 0.1) is 77.5 Å². The number of aliphatic hydroxyl groups is 3. The number of alkyl halides is 3. The first-order valence-electron chi connectivity index (χ1n) is 40.5. The molecule has 0 unspecified atom stereocenters. The molecule has 0 radical (unpaired) electrons. The maximum Gasteiger partial charge on any atom is 0.534 e. The number of non-ortho nitro benzene ring substituents is 7. The monoisotopic (exact) mass is 2420 g/mol. The molecule has 8 aromatic rings. The second kappa shape index (κ2) is 54.2. The molecular formula is C90H108Br7F3N8O30S. The van der Waals surface area contributed by atoms with E-state index in [-0.39, 0.29) is 99.1 Å². The summed E-state index contributed by atoms with van der Waals surface area (Å²) < 4.78 is 93.3. The lowest BCUT2D eigenvalue weighted by atomic mass is 9.97. The fraction of sp³-hybridized carbons (Fsp3) is 0.411. The number of benzene rings is 8. The van der Waals surface area contributed by atoms with E-state index < -0.39 is 114 Å². The summed E-state index contributed by atoms with van der Waals surface area (Å²) in [5.41, 5.74) is 5.90. The van der Waals surface area contributed by atoms with Crippen molar-refractivity contribution in [1.82, 2.24) is 0 Å². The van der Waals surface area contributed by atoms with Gasteiger partial charge in [0.15, 0.2) is 5.75 Å². The number of nitro groups is 7. The Morgan fingerprint density at radius 2 is 0.691 bits per heavy atom. The molecule has 8 aromatic carbocycles. The molecule has 0 aromatic heterocycles. The Morgan fingerprint density at radius 1 is 0.403 bits per heavy atom. The number of rotatable bonds is 23. The van der Waals surface area contributed by atoms with Crippen molar-refractivity contribution >= 4 is 191 Å². The highest BCUT2D eigenvalue weighted by Gasteiger charge is 2.49. The number of nitro benzene ring substituents is 7. The van der Waals surface area contributed by atoms with Crippen molar-refractivity contribution in [2.45, 2.75) is 200 Å². The molecule has 0 aliphatic rings. The van der Waals surface area contributed by atoms with E-state index in [1.165, 1.54) is 85.8 Å². The molecule has 764 valence electrons. The zero-order valence-electron chi connectivity index (χ0n) is 79.6. The predicted octanol–water partition coefficient (Wildman–Crippen LogP) is 25.1. The van der Waals surface area contributed by atoms with Crippen molar-refractivity contribution in [1.29, 1.82) is 0 Å². The molecule has 0 heterocycles. The number of halogens is 10. The Kier molecular flexibility index (Phi) is 49.4. The largest absolute Gasteiger partial charge is 0.534 e. The molecule has 7 N–H and O–H groups in total. The van der Waals surface area contributed by atoms with Gasteiger partial charge in [0, 0.05) is 141 Å². The van der Waals surface area contributed by atoms with Gasteiger partial charge in [0.2, 0.25) is 0 Å². The number of nitrogen functional groups attached to an aromatic ring is 1. The van der Waals surface area contributed by atoms with Gasteiger partial charge in [-0.1, -0.05) is 76.4 Å². The summed E-state index contributed by atoms with van der Waals surface area (Å²) >= 11 is 22.3. The highest BCUT2D eigenvalue weighted by Crippen LogP contribution is 2.42. The van der Waals surface area contributed by atoms with Crippen LogP contribution >= 0.6 is 112 Å². The summed E-state index contributed by atoms with van der Waals surface area (Å²) in [6.07, 6.45) is -1.31. The third-order valence-corrected chi connectivity index (χ3v) is 23.3. The van der Waals surface area contributed by atoms with E-state index in [0.29, 0.717) is 67.0 Å². The Bertz CT molecular complexity index is 5780. The van der Waals surface area contributed by atoms with Crippen molar-refractivity contribution in [3.8, 4) is 17.2 Å². The molecular weight excluding hydrogens is 2320 g/mol. The van der Waals surface area contributed by atoms with E-state index in [9.17, 15) is 122 Å². The van der Waals surface area contributed by atoms with Gasteiger partial charge in [-0.15, -0.1) is 0 Å². The molecule has 49 heteroatoms. The predicted molar refractivity (Wildman–Crippen MR) is 539 cm³/mol. The molecule has 0 aliphatic heterocycles. The van der Waals surface area contributed by atoms with Crippen molar-refractivity contribution in [3.05, 3.63) is 284 Å². The van der Waals surface area contributed by atoms with Gasteiger partial charge in [0.1, 0.15) is 55.7 Å². The minimum absolute atomic E-state index is 0.000278. The van der Waals surface area contributed by atoms with Crippen molar-refractivity contribution in [3.63, 3.8) is 0 Å². The second-order valence-corrected chi connectivity index (χ2v) is 42.7. The molecule has 8 rings (SSSR count). The second-order valence-electron chi connectivity index (χ2n) is 35.2. The number of aromatic hydroxyl groups is 2. The lowest BCUT2D eigenvalue weighted by Gasteiger charge is -2.30. The number of carbonyl (C=O) groups is 3. The number of nitrogens with zero attached hydrogens (tertiary/aromatic N) is 7. The molecule has 0 spiro atoms. The molecule has 0 saturated carbocycles. The quantitative estimate of drug-likeness (QED) is 0.00659. The van der Waals surface area contributed by atoms with Crippen LogP contribution in [0.3, 0.4) is 0 Å². The van der Waals surface area contributed by atoms with Crippen LogP contribution in [0.25, 0.3) is 6.08 Å². The molecule has 139 heavy (non-hydrogen) atoms. The van der Waals surface area contributed by atoms with E-state index in [1.807, 2.05) is 88.3 Å². The van der Waals surface area contributed by atoms with Gasteiger partial charge < -0.3 is 59.1 Å². The van der Waals surface area contributed by atoms with Crippen LogP contribution in [-0.4, -0.2) is 129 Å². The number of aliphatic hydroxyl groups excluding tert-OH is 3. The average molecular weight is 2430 g/mol. The van der Waals surface area contributed by atoms with Gasteiger partial charge in [-0.2, -0.15) is 21.6 Å². The number of anilines is 1. The number of aryl methyl sites for hydroxylation is 8. The zero-order chi connectivity index (χ0) is 108. The number of carbonyl (C=O) groups excluding carboxylic acids is 3. The van der Waals surface area contributed by atoms with E-state index in [4.69, 9.17) is 39.6 Å². The van der Waals surface area contributed by atoms with Gasteiger partial charge in [-0.3, -0.25) is 85.2 Å². The average Bonchev–Trinajstić information content (AvgIpc) is 0.795.